The summed E-state index contributed by atoms with van der Waals surface area (Å²) in [6.07, 6.45) is 5.83. The molecule has 0 bridgehead atoms. The van der Waals surface area contributed by atoms with Crippen molar-refractivity contribution >= 4 is 17.7 Å². The second kappa shape index (κ2) is 11.9. The van der Waals surface area contributed by atoms with Crippen molar-refractivity contribution in [3.05, 3.63) is 0 Å². The molecule has 0 aromatic heterocycles. The van der Waals surface area contributed by atoms with E-state index in [2.05, 4.69) is 12.2 Å². The zero-order valence-corrected chi connectivity index (χ0v) is 16.3. The van der Waals surface area contributed by atoms with Crippen LogP contribution in [0.1, 0.15) is 51.9 Å². The summed E-state index contributed by atoms with van der Waals surface area (Å²) < 4.78 is 0. The molecule has 2 atom stereocenters. The Morgan fingerprint density at radius 1 is 1.23 bits per heavy atom. The van der Waals surface area contributed by atoms with Crippen molar-refractivity contribution in [2.24, 2.45) is 5.92 Å². The van der Waals surface area contributed by atoms with Crippen LogP contribution in [0.2, 0.25) is 0 Å². The van der Waals surface area contributed by atoms with Gasteiger partial charge in [-0.05, 0) is 6.42 Å². The van der Waals surface area contributed by atoms with Gasteiger partial charge in [0.15, 0.2) is 5.78 Å². The largest absolute Gasteiger partial charge is 0.331 e. The van der Waals surface area contributed by atoms with Crippen molar-refractivity contribution in [2.75, 3.05) is 33.7 Å². The topological polar surface area (TPSA) is 102 Å². The Hall–Kier alpha value is -1.67. The third kappa shape index (κ3) is 6.92. The van der Waals surface area contributed by atoms with Crippen LogP contribution in [0.4, 0.5) is 4.79 Å². The molecule has 0 aliphatic carbocycles. The highest BCUT2D eigenvalue weighted by Crippen LogP contribution is 2.21. The number of urea groups is 1. The number of amides is 3. The first-order valence-corrected chi connectivity index (χ1v) is 9.57. The predicted molar refractivity (Wildman–Crippen MR) is 98.9 cm³/mol. The van der Waals surface area contributed by atoms with Crippen LogP contribution in [0, 0.1) is 5.92 Å². The van der Waals surface area contributed by atoms with Gasteiger partial charge in [0.1, 0.15) is 6.04 Å². The molecule has 0 aromatic carbocycles. The lowest BCUT2D eigenvalue weighted by atomic mass is 9.88. The van der Waals surface area contributed by atoms with Crippen molar-refractivity contribution in [1.29, 1.82) is 0 Å². The molecule has 1 saturated heterocycles. The highest BCUT2D eigenvalue weighted by Gasteiger charge is 2.36. The maximum atomic E-state index is 13.1. The van der Waals surface area contributed by atoms with Crippen LogP contribution in [0.15, 0.2) is 0 Å². The molecule has 0 saturated carbocycles. The lowest BCUT2D eigenvalue weighted by molar-refractivity contribution is -0.136. The van der Waals surface area contributed by atoms with Crippen LogP contribution in [0.5, 0.6) is 0 Å². The minimum Gasteiger partial charge on any atom is -0.331 e. The zero-order valence-electron chi connectivity index (χ0n) is 16.3. The van der Waals surface area contributed by atoms with Crippen molar-refractivity contribution in [3.63, 3.8) is 0 Å². The molecular weight excluding hydrogens is 336 g/mol. The Kier molecular flexibility index (Phi) is 10.2. The van der Waals surface area contributed by atoms with E-state index in [1.807, 2.05) is 0 Å². The molecule has 0 spiro atoms. The fourth-order valence-electron chi connectivity index (χ4n) is 3.33. The Morgan fingerprint density at radius 2 is 1.92 bits per heavy atom. The Bertz CT molecular complexity index is 470. The van der Waals surface area contributed by atoms with Crippen LogP contribution >= 0.6 is 0 Å². The molecule has 8 nitrogen and oxygen atoms in total. The van der Waals surface area contributed by atoms with E-state index in [-0.39, 0.29) is 18.2 Å². The van der Waals surface area contributed by atoms with E-state index in [0.717, 1.165) is 32.1 Å². The van der Waals surface area contributed by atoms with Crippen LogP contribution in [-0.4, -0.2) is 72.5 Å². The summed E-state index contributed by atoms with van der Waals surface area (Å²) in [6.45, 7) is 3.64. The molecule has 1 aliphatic heterocycles. The quantitative estimate of drug-likeness (QED) is 0.306. The number of rotatable bonds is 10. The monoisotopic (exact) mass is 370 g/mol. The van der Waals surface area contributed by atoms with E-state index in [4.69, 9.17) is 5.21 Å². The van der Waals surface area contributed by atoms with Gasteiger partial charge in [-0.25, -0.2) is 10.3 Å². The van der Waals surface area contributed by atoms with E-state index in [0.29, 0.717) is 26.1 Å². The minimum absolute atomic E-state index is 0.0520. The average molecular weight is 370 g/mol. The highest BCUT2D eigenvalue weighted by atomic mass is 16.5. The number of nitrogens with zero attached hydrogens (tertiary/aromatic N) is 2. The molecular formula is C18H34N4O4. The molecule has 3 amide bonds. The fourth-order valence-corrected chi connectivity index (χ4v) is 3.33. The summed E-state index contributed by atoms with van der Waals surface area (Å²) in [5.74, 6) is -1.16. The number of hydrogen-bond acceptors (Lipinski definition) is 5. The fraction of sp³-hybridized carbons (Fsp3) is 0.833. The number of hydroxylamine groups is 1. The highest BCUT2D eigenvalue weighted by molar-refractivity contribution is 5.93. The summed E-state index contributed by atoms with van der Waals surface area (Å²) in [4.78, 5) is 40.2. The summed E-state index contributed by atoms with van der Waals surface area (Å²) in [5, 5.41) is 12.0. The number of carbonyl (C=O) groups excluding carboxylic acids is 3. The van der Waals surface area contributed by atoms with Crippen LogP contribution < -0.4 is 10.8 Å². The lowest BCUT2D eigenvalue weighted by Gasteiger charge is -2.38. The number of Topliss-reactive ketones (excluding diaryl/α,β-unsaturated/α-hetero) is 1. The van der Waals surface area contributed by atoms with Gasteiger partial charge in [-0.1, -0.05) is 39.0 Å². The first-order valence-electron chi connectivity index (χ1n) is 9.57. The van der Waals surface area contributed by atoms with Gasteiger partial charge >= 0.3 is 6.03 Å². The summed E-state index contributed by atoms with van der Waals surface area (Å²) in [7, 11) is 3.33. The number of carbonyl (C=O) groups is 3. The first kappa shape index (κ1) is 22.4. The Labute approximate surface area is 156 Å². The van der Waals surface area contributed by atoms with Gasteiger partial charge in [-0.2, -0.15) is 0 Å². The van der Waals surface area contributed by atoms with Crippen molar-refractivity contribution in [2.45, 2.75) is 57.9 Å². The Balaban J connectivity index is 2.79. The lowest BCUT2D eigenvalue weighted by Crippen LogP contribution is -2.60. The maximum absolute atomic E-state index is 13.1. The molecule has 1 unspecified atom stereocenters. The standard InChI is InChI=1S/C18H34N4O4/c1-4-5-6-7-8-9-14(12-16(23)20-26)17(24)15-13-19-10-11-22(15)18(25)21(2)3/h14-15,19,26H,4-13H2,1-3H3,(H,20,23)/t14?,15-/m0/s1. The zero-order chi connectivity index (χ0) is 19.5. The van der Waals surface area contributed by atoms with Gasteiger partial charge in [0.05, 0.1) is 0 Å². The number of ketones is 1. The first-order chi connectivity index (χ1) is 12.4. The summed E-state index contributed by atoms with van der Waals surface area (Å²) >= 11 is 0. The molecule has 8 heteroatoms. The van der Waals surface area contributed by atoms with Gasteiger partial charge in [0.2, 0.25) is 5.91 Å². The SMILES string of the molecule is CCCCCCCC(CC(=O)NO)C(=O)[C@@H]1CNCCN1C(=O)N(C)C. The second-order valence-electron chi connectivity index (χ2n) is 7.13. The number of unbranched alkanes of at least 4 members (excludes halogenated alkanes) is 4. The van der Waals surface area contributed by atoms with E-state index in [1.54, 1.807) is 24.5 Å². The Morgan fingerprint density at radius 3 is 2.54 bits per heavy atom. The third-order valence-electron chi connectivity index (χ3n) is 4.82. The maximum Gasteiger partial charge on any atom is 0.320 e. The molecule has 1 aliphatic rings. The molecule has 1 heterocycles. The van der Waals surface area contributed by atoms with Gasteiger partial charge in [0.25, 0.3) is 0 Å². The minimum atomic E-state index is -0.578. The van der Waals surface area contributed by atoms with Crippen LogP contribution in [-0.2, 0) is 9.59 Å². The van der Waals surface area contributed by atoms with E-state index in [9.17, 15) is 14.4 Å². The van der Waals surface area contributed by atoms with Gasteiger partial charge in [0, 0.05) is 46.1 Å². The van der Waals surface area contributed by atoms with Crippen molar-refractivity contribution < 1.29 is 19.6 Å². The van der Waals surface area contributed by atoms with E-state index < -0.39 is 17.9 Å². The average Bonchev–Trinajstić information content (AvgIpc) is 2.65. The smallest absolute Gasteiger partial charge is 0.320 e. The molecule has 0 aromatic rings. The normalized spacial score (nSPS) is 18.3. The van der Waals surface area contributed by atoms with Crippen molar-refractivity contribution in [1.82, 2.24) is 20.6 Å². The summed E-state index contributed by atoms with van der Waals surface area (Å²) in [5.41, 5.74) is 1.62. The number of piperazine rings is 1. The summed E-state index contributed by atoms with van der Waals surface area (Å²) in [6, 6.07) is -0.774. The number of nitrogens with one attached hydrogen (secondary N) is 2. The van der Waals surface area contributed by atoms with Crippen LogP contribution in [0.3, 0.4) is 0 Å². The predicted octanol–water partition coefficient (Wildman–Crippen LogP) is 1.38. The van der Waals surface area contributed by atoms with Gasteiger partial charge in [-0.15, -0.1) is 0 Å². The second-order valence-corrected chi connectivity index (χ2v) is 7.13. The van der Waals surface area contributed by atoms with E-state index >= 15 is 0 Å². The molecule has 3 N–H and O–H groups in total. The molecule has 0 radical (unpaired) electrons. The number of hydrogen-bond donors (Lipinski definition) is 3. The van der Waals surface area contributed by atoms with Gasteiger partial charge in [-0.3, -0.25) is 14.8 Å². The molecule has 1 fully saturated rings. The van der Waals surface area contributed by atoms with Crippen LogP contribution in [0.25, 0.3) is 0 Å². The van der Waals surface area contributed by atoms with Gasteiger partial charge < -0.3 is 15.1 Å². The van der Waals surface area contributed by atoms with E-state index in [1.165, 1.54) is 4.90 Å². The van der Waals surface area contributed by atoms with Crippen molar-refractivity contribution in [3.8, 4) is 0 Å². The molecule has 1 rings (SSSR count). The third-order valence-corrected chi connectivity index (χ3v) is 4.82. The molecule has 26 heavy (non-hydrogen) atoms. The molecule has 150 valence electrons.